The average Bonchev–Trinajstić information content (AvgIpc) is 2.41. The fraction of sp³-hybridized carbons (Fsp3) is 0.0714. The van der Waals surface area contributed by atoms with Crippen molar-refractivity contribution in [1.82, 2.24) is 0 Å². The maximum Gasteiger partial charge on any atom is 0.252 e. The minimum atomic E-state index is -0.587. The molecule has 5 heteroatoms. The molecule has 0 aliphatic carbocycles. The van der Waals surface area contributed by atoms with E-state index in [0.717, 1.165) is 5.56 Å². The van der Waals surface area contributed by atoms with E-state index >= 15 is 0 Å². The lowest BCUT2D eigenvalue weighted by molar-refractivity contribution is 0.0998. The zero-order valence-electron chi connectivity index (χ0n) is 10.1. The number of hydrogen-bond acceptors (Lipinski definition) is 3. The van der Waals surface area contributed by atoms with Gasteiger partial charge in [-0.25, -0.2) is 0 Å². The Morgan fingerprint density at radius 2 is 1.84 bits per heavy atom. The molecular weight excluding hydrogens is 264 g/mol. The average molecular weight is 277 g/mol. The van der Waals surface area contributed by atoms with Crippen molar-refractivity contribution in [2.24, 2.45) is 11.5 Å². The Balaban J connectivity index is 2.29. The Hall–Kier alpha value is -2.04. The minimum Gasteiger partial charge on any atom is -0.457 e. The molecule has 2 aromatic rings. The Morgan fingerprint density at radius 3 is 2.42 bits per heavy atom. The molecule has 0 atom stereocenters. The summed E-state index contributed by atoms with van der Waals surface area (Å²) in [5.74, 6) is 0.385. The van der Waals surface area contributed by atoms with Crippen molar-refractivity contribution in [1.29, 1.82) is 0 Å². The summed E-state index contributed by atoms with van der Waals surface area (Å²) >= 11 is 5.83. The van der Waals surface area contributed by atoms with E-state index in [1.165, 1.54) is 6.07 Å². The van der Waals surface area contributed by atoms with Crippen LogP contribution in [0.5, 0.6) is 11.5 Å². The van der Waals surface area contributed by atoms with Gasteiger partial charge in [0.2, 0.25) is 0 Å². The van der Waals surface area contributed by atoms with E-state index in [9.17, 15) is 4.79 Å². The monoisotopic (exact) mass is 276 g/mol. The van der Waals surface area contributed by atoms with Gasteiger partial charge in [-0.15, -0.1) is 0 Å². The van der Waals surface area contributed by atoms with Crippen molar-refractivity contribution in [3.8, 4) is 11.5 Å². The van der Waals surface area contributed by atoms with Gasteiger partial charge in [0, 0.05) is 11.6 Å². The van der Waals surface area contributed by atoms with Crippen LogP contribution in [-0.2, 0) is 6.54 Å². The molecule has 0 spiro atoms. The van der Waals surface area contributed by atoms with Crippen LogP contribution in [0.15, 0.2) is 42.5 Å². The largest absolute Gasteiger partial charge is 0.457 e. The third kappa shape index (κ3) is 3.24. The van der Waals surface area contributed by atoms with Gasteiger partial charge >= 0.3 is 0 Å². The van der Waals surface area contributed by atoms with E-state index in [2.05, 4.69) is 0 Å². The van der Waals surface area contributed by atoms with E-state index in [1.807, 2.05) is 12.1 Å². The van der Waals surface area contributed by atoms with E-state index in [0.29, 0.717) is 23.1 Å². The van der Waals surface area contributed by atoms with Gasteiger partial charge in [0.1, 0.15) is 11.5 Å². The van der Waals surface area contributed by atoms with Gasteiger partial charge < -0.3 is 16.2 Å². The number of carbonyl (C=O) groups is 1. The number of carbonyl (C=O) groups excluding carboxylic acids is 1. The third-order valence-electron chi connectivity index (χ3n) is 2.59. The van der Waals surface area contributed by atoms with E-state index in [-0.39, 0.29) is 5.56 Å². The van der Waals surface area contributed by atoms with Crippen molar-refractivity contribution in [3.63, 3.8) is 0 Å². The maximum atomic E-state index is 11.3. The summed E-state index contributed by atoms with van der Waals surface area (Å²) in [6, 6.07) is 12.0. The summed E-state index contributed by atoms with van der Waals surface area (Å²) in [5, 5.41) is 0.430. The van der Waals surface area contributed by atoms with Crippen LogP contribution in [0.1, 0.15) is 15.9 Å². The summed E-state index contributed by atoms with van der Waals surface area (Å²) in [6.45, 7) is 0.466. The smallest absolute Gasteiger partial charge is 0.252 e. The van der Waals surface area contributed by atoms with E-state index < -0.39 is 5.91 Å². The highest BCUT2D eigenvalue weighted by Gasteiger charge is 2.11. The van der Waals surface area contributed by atoms with Gasteiger partial charge in [0.15, 0.2) is 0 Å². The molecule has 0 saturated heterocycles. The molecule has 1 amide bonds. The molecule has 0 saturated carbocycles. The molecule has 2 rings (SSSR count). The van der Waals surface area contributed by atoms with E-state index in [4.69, 9.17) is 27.8 Å². The first-order valence-electron chi connectivity index (χ1n) is 5.66. The lowest BCUT2D eigenvalue weighted by Crippen LogP contribution is -2.12. The molecule has 4 N–H and O–H groups in total. The van der Waals surface area contributed by atoms with Gasteiger partial charge in [-0.3, -0.25) is 4.79 Å². The van der Waals surface area contributed by atoms with Gasteiger partial charge in [-0.1, -0.05) is 23.7 Å². The lowest BCUT2D eigenvalue weighted by atomic mass is 10.2. The highest BCUT2D eigenvalue weighted by molar-refractivity contribution is 6.31. The molecule has 0 bridgehead atoms. The number of rotatable bonds is 4. The fourth-order valence-corrected chi connectivity index (χ4v) is 1.78. The van der Waals surface area contributed by atoms with Crippen LogP contribution in [0.4, 0.5) is 0 Å². The summed E-state index contributed by atoms with van der Waals surface area (Å²) in [5.41, 5.74) is 12.0. The molecule has 0 heterocycles. The van der Waals surface area contributed by atoms with Crippen LogP contribution in [0, 0.1) is 0 Å². The van der Waals surface area contributed by atoms with Crippen molar-refractivity contribution >= 4 is 17.5 Å². The van der Waals surface area contributed by atoms with Crippen LogP contribution in [0.2, 0.25) is 5.02 Å². The van der Waals surface area contributed by atoms with Crippen molar-refractivity contribution in [3.05, 3.63) is 58.6 Å². The number of nitrogens with two attached hydrogens (primary N) is 2. The lowest BCUT2D eigenvalue weighted by Gasteiger charge is -2.10. The number of ether oxygens (including phenoxy) is 1. The number of hydrogen-bond donors (Lipinski definition) is 2. The van der Waals surface area contributed by atoms with Gasteiger partial charge in [0.05, 0.1) is 5.56 Å². The van der Waals surface area contributed by atoms with Crippen LogP contribution in [0.25, 0.3) is 0 Å². The number of halogens is 1. The molecule has 19 heavy (non-hydrogen) atoms. The molecule has 2 aromatic carbocycles. The van der Waals surface area contributed by atoms with Crippen molar-refractivity contribution < 1.29 is 9.53 Å². The third-order valence-corrected chi connectivity index (χ3v) is 2.83. The molecule has 0 radical (unpaired) electrons. The first kappa shape index (κ1) is 13.4. The zero-order chi connectivity index (χ0) is 13.8. The summed E-state index contributed by atoms with van der Waals surface area (Å²) < 4.78 is 5.62. The van der Waals surface area contributed by atoms with E-state index in [1.54, 1.807) is 24.3 Å². The molecule has 0 fully saturated rings. The maximum absolute atomic E-state index is 11.3. The molecule has 4 nitrogen and oxygen atoms in total. The topological polar surface area (TPSA) is 78.3 Å². The van der Waals surface area contributed by atoms with Gasteiger partial charge in [0.25, 0.3) is 5.91 Å². The first-order valence-corrected chi connectivity index (χ1v) is 6.04. The normalized spacial score (nSPS) is 10.2. The van der Waals surface area contributed by atoms with Crippen LogP contribution >= 0.6 is 11.6 Å². The second-order valence-corrected chi connectivity index (χ2v) is 4.39. The molecule has 98 valence electrons. The summed E-state index contributed by atoms with van der Waals surface area (Å²) in [6.07, 6.45) is 0. The predicted octanol–water partition coefficient (Wildman–Crippen LogP) is 2.69. The van der Waals surface area contributed by atoms with Crippen LogP contribution < -0.4 is 16.2 Å². The Labute approximate surface area is 115 Å². The zero-order valence-corrected chi connectivity index (χ0v) is 10.9. The van der Waals surface area contributed by atoms with Gasteiger partial charge in [-0.2, -0.15) is 0 Å². The second-order valence-electron chi connectivity index (χ2n) is 3.95. The minimum absolute atomic E-state index is 0.246. The SMILES string of the molecule is NCc1ccc(Oc2ccc(Cl)cc2C(N)=O)cc1. The Bertz CT molecular complexity index is 597. The molecule has 0 aliphatic rings. The van der Waals surface area contributed by atoms with Crippen molar-refractivity contribution in [2.75, 3.05) is 0 Å². The highest BCUT2D eigenvalue weighted by atomic mass is 35.5. The number of benzene rings is 2. The standard InChI is InChI=1S/C14H13ClN2O2/c15-10-3-6-13(12(7-10)14(17)18)19-11-4-1-9(8-16)2-5-11/h1-7H,8,16H2,(H2,17,18). The first-order chi connectivity index (χ1) is 9.10. The molecule has 0 aliphatic heterocycles. The quantitative estimate of drug-likeness (QED) is 0.901. The number of amides is 1. The summed E-state index contributed by atoms with van der Waals surface area (Å²) in [7, 11) is 0. The predicted molar refractivity (Wildman–Crippen MR) is 74.4 cm³/mol. The van der Waals surface area contributed by atoms with Crippen molar-refractivity contribution in [2.45, 2.75) is 6.54 Å². The van der Waals surface area contributed by atoms with Crippen LogP contribution in [-0.4, -0.2) is 5.91 Å². The van der Waals surface area contributed by atoms with Gasteiger partial charge in [-0.05, 0) is 35.9 Å². The number of primary amides is 1. The summed E-state index contributed by atoms with van der Waals surface area (Å²) in [4.78, 5) is 11.3. The Morgan fingerprint density at radius 1 is 1.16 bits per heavy atom. The van der Waals surface area contributed by atoms with Crippen LogP contribution in [0.3, 0.4) is 0 Å². The Kier molecular flexibility index (Phi) is 4.04. The fourth-order valence-electron chi connectivity index (χ4n) is 1.60. The second kappa shape index (κ2) is 5.73. The highest BCUT2D eigenvalue weighted by Crippen LogP contribution is 2.27. The molecular formula is C14H13ClN2O2. The molecule has 0 unspecified atom stereocenters. The molecule has 0 aromatic heterocycles.